The quantitative estimate of drug-likeness (QED) is 0.765. The van der Waals surface area contributed by atoms with Gasteiger partial charge in [-0.1, -0.05) is 5.16 Å². The van der Waals surface area contributed by atoms with Gasteiger partial charge in [-0.3, -0.25) is 4.79 Å². The van der Waals surface area contributed by atoms with Crippen LogP contribution in [0.15, 0.2) is 4.52 Å². The van der Waals surface area contributed by atoms with E-state index in [9.17, 15) is 4.79 Å². The third-order valence-electron chi connectivity index (χ3n) is 2.61. The number of carbonyl (C=O) groups excluding carboxylic acids is 1. The van der Waals surface area contributed by atoms with Crippen LogP contribution in [0.1, 0.15) is 31.0 Å². The van der Waals surface area contributed by atoms with Crippen molar-refractivity contribution in [1.29, 1.82) is 0 Å². The molecule has 2 heterocycles. The first-order valence-electron chi connectivity index (χ1n) is 5.59. The number of amides is 1. The van der Waals surface area contributed by atoms with Crippen LogP contribution in [-0.2, 0) is 17.8 Å². The van der Waals surface area contributed by atoms with Crippen molar-refractivity contribution >= 4 is 5.91 Å². The molecule has 0 saturated carbocycles. The molecule has 1 aromatic rings. The first-order chi connectivity index (χ1) is 7.79. The maximum Gasteiger partial charge on any atom is 0.226 e. The Morgan fingerprint density at radius 3 is 3.06 bits per heavy atom. The number of aromatic nitrogens is 2. The van der Waals surface area contributed by atoms with E-state index in [1.807, 2.05) is 0 Å². The molecule has 0 radical (unpaired) electrons. The monoisotopic (exact) mass is 224 g/mol. The molecule has 0 spiro atoms. The lowest BCUT2D eigenvalue weighted by atomic mass is 10.3. The molecule has 0 aliphatic carbocycles. The molecule has 1 aromatic heterocycles. The van der Waals surface area contributed by atoms with E-state index in [0.29, 0.717) is 37.6 Å². The van der Waals surface area contributed by atoms with Gasteiger partial charge in [0, 0.05) is 19.4 Å². The fraction of sp³-hybridized carbons (Fsp3) is 0.700. The van der Waals surface area contributed by atoms with E-state index in [-0.39, 0.29) is 5.91 Å². The van der Waals surface area contributed by atoms with Crippen LogP contribution in [0.5, 0.6) is 0 Å². The maximum absolute atomic E-state index is 11.4. The summed E-state index contributed by atoms with van der Waals surface area (Å²) < 4.78 is 5.06. The van der Waals surface area contributed by atoms with Crippen molar-refractivity contribution < 1.29 is 9.32 Å². The molecule has 1 saturated heterocycles. The molecule has 6 heteroatoms. The topological polar surface area (TPSA) is 85.2 Å². The minimum Gasteiger partial charge on any atom is -0.339 e. The molecule has 2 rings (SSSR count). The second-order valence-corrected chi connectivity index (χ2v) is 3.92. The molecule has 1 aliphatic rings. The summed E-state index contributed by atoms with van der Waals surface area (Å²) in [6, 6.07) is 0. The molecular formula is C10H16N4O2. The zero-order valence-corrected chi connectivity index (χ0v) is 9.19. The van der Waals surface area contributed by atoms with E-state index in [1.165, 1.54) is 0 Å². The Morgan fingerprint density at radius 1 is 1.50 bits per heavy atom. The predicted octanol–water partition coefficient (Wildman–Crippen LogP) is 0.0833. The Bertz CT molecular complexity index is 363. The van der Waals surface area contributed by atoms with Crippen molar-refractivity contribution in [2.45, 2.75) is 32.2 Å². The molecule has 0 atom stereocenters. The second-order valence-electron chi connectivity index (χ2n) is 3.92. The fourth-order valence-corrected chi connectivity index (χ4v) is 1.75. The summed E-state index contributed by atoms with van der Waals surface area (Å²) in [6.07, 6.45) is 3.11. The number of nitrogens with two attached hydrogens (primary N) is 1. The largest absolute Gasteiger partial charge is 0.339 e. The van der Waals surface area contributed by atoms with Gasteiger partial charge >= 0.3 is 0 Å². The van der Waals surface area contributed by atoms with Crippen LogP contribution in [0, 0.1) is 0 Å². The van der Waals surface area contributed by atoms with E-state index in [0.717, 1.165) is 19.4 Å². The highest BCUT2D eigenvalue weighted by molar-refractivity contribution is 5.77. The molecular weight excluding hydrogens is 208 g/mol. The molecule has 6 nitrogen and oxygen atoms in total. The van der Waals surface area contributed by atoms with Crippen molar-refractivity contribution in [1.82, 2.24) is 15.0 Å². The summed E-state index contributed by atoms with van der Waals surface area (Å²) in [6.45, 7) is 1.87. The average Bonchev–Trinajstić information content (AvgIpc) is 2.87. The van der Waals surface area contributed by atoms with Crippen LogP contribution in [0.4, 0.5) is 0 Å². The van der Waals surface area contributed by atoms with Gasteiger partial charge in [0.1, 0.15) is 0 Å². The van der Waals surface area contributed by atoms with Gasteiger partial charge in [-0.25, -0.2) is 0 Å². The van der Waals surface area contributed by atoms with Gasteiger partial charge in [0.05, 0.1) is 6.54 Å². The number of likely N-dealkylation sites (tertiary alicyclic amines) is 1. The normalized spacial score (nSPS) is 16.1. The Kier molecular flexibility index (Phi) is 3.51. The summed E-state index contributed by atoms with van der Waals surface area (Å²) in [7, 11) is 0. The number of rotatable bonds is 5. The lowest BCUT2D eigenvalue weighted by Gasteiger charge is -2.11. The molecule has 2 N–H and O–H groups in total. The Labute approximate surface area is 93.8 Å². The van der Waals surface area contributed by atoms with Crippen molar-refractivity contribution in [3.05, 3.63) is 11.7 Å². The van der Waals surface area contributed by atoms with Crippen molar-refractivity contribution in [3.8, 4) is 0 Å². The molecule has 1 amide bonds. The van der Waals surface area contributed by atoms with E-state index < -0.39 is 0 Å². The molecule has 0 aromatic carbocycles. The van der Waals surface area contributed by atoms with Gasteiger partial charge in [-0.05, 0) is 19.4 Å². The standard InChI is InChI=1S/C10H16N4O2/c11-5-1-3-9-12-8(13-16-9)7-14-6-2-4-10(14)15/h1-7,11H2. The molecule has 0 unspecified atom stereocenters. The first kappa shape index (κ1) is 11.1. The summed E-state index contributed by atoms with van der Waals surface area (Å²) in [5.41, 5.74) is 5.39. The van der Waals surface area contributed by atoms with Gasteiger partial charge < -0.3 is 15.2 Å². The predicted molar refractivity (Wildman–Crippen MR) is 56.3 cm³/mol. The number of nitrogens with zero attached hydrogens (tertiary/aromatic N) is 3. The van der Waals surface area contributed by atoms with Crippen molar-refractivity contribution in [2.24, 2.45) is 5.73 Å². The van der Waals surface area contributed by atoms with E-state index >= 15 is 0 Å². The minimum absolute atomic E-state index is 0.174. The molecule has 1 fully saturated rings. The number of aryl methyl sites for hydroxylation is 1. The number of hydrogen-bond donors (Lipinski definition) is 1. The average molecular weight is 224 g/mol. The van der Waals surface area contributed by atoms with E-state index in [2.05, 4.69) is 10.1 Å². The first-order valence-corrected chi connectivity index (χ1v) is 5.59. The highest BCUT2D eigenvalue weighted by Crippen LogP contribution is 2.12. The molecule has 0 bridgehead atoms. The van der Waals surface area contributed by atoms with Crippen LogP contribution in [0.25, 0.3) is 0 Å². The lowest BCUT2D eigenvalue weighted by Crippen LogP contribution is -2.24. The van der Waals surface area contributed by atoms with Gasteiger partial charge in [0.25, 0.3) is 0 Å². The maximum atomic E-state index is 11.4. The molecule has 1 aliphatic heterocycles. The summed E-state index contributed by atoms with van der Waals surface area (Å²) in [5, 5.41) is 3.85. The zero-order valence-electron chi connectivity index (χ0n) is 9.19. The highest BCUT2D eigenvalue weighted by atomic mass is 16.5. The second kappa shape index (κ2) is 5.07. The van der Waals surface area contributed by atoms with E-state index in [1.54, 1.807) is 4.90 Å². The highest BCUT2D eigenvalue weighted by Gasteiger charge is 2.21. The summed E-state index contributed by atoms with van der Waals surface area (Å²) in [5.74, 6) is 1.36. The lowest BCUT2D eigenvalue weighted by molar-refractivity contribution is -0.128. The van der Waals surface area contributed by atoms with Crippen LogP contribution >= 0.6 is 0 Å². The SMILES string of the molecule is NCCCc1nc(CN2CCCC2=O)no1. The number of carbonyl (C=O) groups is 1. The van der Waals surface area contributed by atoms with Gasteiger partial charge in [0.15, 0.2) is 5.82 Å². The van der Waals surface area contributed by atoms with Crippen molar-refractivity contribution in [3.63, 3.8) is 0 Å². The van der Waals surface area contributed by atoms with Crippen LogP contribution in [0.3, 0.4) is 0 Å². The number of hydrogen-bond acceptors (Lipinski definition) is 5. The van der Waals surface area contributed by atoms with Crippen molar-refractivity contribution in [2.75, 3.05) is 13.1 Å². The fourth-order valence-electron chi connectivity index (χ4n) is 1.75. The smallest absolute Gasteiger partial charge is 0.226 e. The minimum atomic E-state index is 0.174. The van der Waals surface area contributed by atoms with Gasteiger partial charge in [-0.2, -0.15) is 4.98 Å². The summed E-state index contributed by atoms with van der Waals surface area (Å²) in [4.78, 5) is 17.4. The molecule has 16 heavy (non-hydrogen) atoms. The Hall–Kier alpha value is -1.43. The van der Waals surface area contributed by atoms with Gasteiger partial charge in [-0.15, -0.1) is 0 Å². The van der Waals surface area contributed by atoms with Gasteiger partial charge in [0.2, 0.25) is 11.8 Å². The van der Waals surface area contributed by atoms with E-state index in [4.69, 9.17) is 10.3 Å². The molecule has 88 valence electrons. The Morgan fingerprint density at radius 2 is 2.38 bits per heavy atom. The van der Waals surface area contributed by atoms with Crippen LogP contribution < -0.4 is 5.73 Å². The zero-order chi connectivity index (χ0) is 11.4. The summed E-state index contributed by atoms with van der Waals surface area (Å²) >= 11 is 0. The van der Waals surface area contributed by atoms with Crippen LogP contribution in [0.2, 0.25) is 0 Å². The third-order valence-corrected chi connectivity index (χ3v) is 2.61. The van der Waals surface area contributed by atoms with Crippen LogP contribution in [-0.4, -0.2) is 34.0 Å². The Balaban J connectivity index is 1.89. The third kappa shape index (κ3) is 2.57.